The van der Waals surface area contributed by atoms with Crippen molar-refractivity contribution in [2.24, 2.45) is 5.92 Å². The van der Waals surface area contributed by atoms with E-state index in [0.717, 1.165) is 13.0 Å². The molecule has 2 N–H and O–H groups in total. The van der Waals surface area contributed by atoms with Gasteiger partial charge < -0.3 is 10.6 Å². The van der Waals surface area contributed by atoms with Crippen molar-refractivity contribution >= 4 is 5.91 Å². The molecule has 1 aliphatic heterocycles. The summed E-state index contributed by atoms with van der Waals surface area (Å²) in [7, 11) is 0. The quantitative estimate of drug-likeness (QED) is 0.861. The standard InChI is InChI=1S/C14H19FN2O/c1-9-7-8-16-13(9)14(18)17-10(2)11-5-3-4-6-12(11)15/h3-6,9-10,13,16H,7-8H2,1-2H3,(H,17,18)/t9?,10-,13?/m1/s1. The molecular formula is C14H19FN2O. The third kappa shape index (κ3) is 2.70. The Kier molecular flexibility index (Phi) is 3.97. The predicted octanol–water partition coefficient (Wildman–Crippen LogP) is 2.00. The van der Waals surface area contributed by atoms with Gasteiger partial charge in [0.2, 0.25) is 5.91 Å². The number of hydrogen-bond acceptors (Lipinski definition) is 2. The van der Waals surface area contributed by atoms with E-state index < -0.39 is 0 Å². The molecule has 0 aromatic heterocycles. The molecule has 4 heteroatoms. The lowest BCUT2D eigenvalue weighted by atomic mass is 10.0. The van der Waals surface area contributed by atoms with Crippen molar-refractivity contribution in [2.75, 3.05) is 6.54 Å². The van der Waals surface area contributed by atoms with E-state index >= 15 is 0 Å². The SMILES string of the molecule is CC1CCNC1C(=O)N[C@H](C)c1ccccc1F. The summed E-state index contributed by atoms with van der Waals surface area (Å²) in [4.78, 5) is 12.1. The number of carbonyl (C=O) groups excluding carboxylic acids is 1. The zero-order valence-electron chi connectivity index (χ0n) is 10.7. The summed E-state index contributed by atoms with van der Waals surface area (Å²) >= 11 is 0. The maximum Gasteiger partial charge on any atom is 0.237 e. The van der Waals surface area contributed by atoms with Gasteiger partial charge in [0.15, 0.2) is 0 Å². The van der Waals surface area contributed by atoms with Crippen molar-refractivity contribution in [3.05, 3.63) is 35.6 Å². The fourth-order valence-corrected chi connectivity index (χ4v) is 2.39. The Bertz CT molecular complexity index is 436. The maximum absolute atomic E-state index is 13.6. The molecule has 1 amide bonds. The normalized spacial score (nSPS) is 24.8. The molecule has 1 heterocycles. The molecule has 98 valence electrons. The number of amides is 1. The van der Waals surface area contributed by atoms with Crippen molar-refractivity contribution < 1.29 is 9.18 Å². The lowest BCUT2D eigenvalue weighted by molar-refractivity contribution is -0.124. The van der Waals surface area contributed by atoms with Crippen LogP contribution in [0.25, 0.3) is 0 Å². The molecule has 0 aliphatic carbocycles. The lowest BCUT2D eigenvalue weighted by Gasteiger charge is -2.20. The first-order valence-electron chi connectivity index (χ1n) is 6.37. The lowest BCUT2D eigenvalue weighted by Crippen LogP contribution is -2.44. The van der Waals surface area contributed by atoms with Crippen molar-refractivity contribution in [3.8, 4) is 0 Å². The van der Waals surface area contributed by atoms with Gasteiger partial charge in [-0.05, 0) is 31.9 Å². The van der Waals surface area contributed by atoms with Crippen LogP contribution in [0.4, 0.5) is 4.39 Å². The fraction of sp³-hybridized carbons (Fsp3) is 0.500. The molecule has 3 atom stereocenters. The Labute approximate surface area is 107 Å². The maximum atomic E-state index is 13.6. The van der Waals surface area contributed by atoms with Gasteiger partial charge in [-0.3, -0.25) is 4.79 Å². The van der Waals surface area contributed by atoms with Gasteiger partial charge >= 0.3 is 0 Å². The Morgan fingerprint density at radius 2 is 2.22 bits per heavy atom. The molecular weight excluding hydrogens is 231 g/mol. The number of carbonyl (C=O) groups is 1. The second-order valence-corrected chi connectivity index (χ2v) is 4.95. The minimum absolute atomic E-state index is 0.0456. The van der Waals surface area contributed by atoms with Crippen LogP contribution in [-0.4, -0.2) is 18.5 Å². The summed E-state index contributed by atoms with van der Waals surface area (Å²) in [6.07, 6.45) is 1.01. The highest BCUT2D eigenvalue weighted by Gasteiger charge is 2.30. The van der Waals surface area contributed by atoms with Crippen LogP contribution in [0.2, 0.25) is 0 Å². The van der Waals surface area contributed by atoms with E-state index in [0.29, 0.717) is 11.5 Å². The van der Waals surface area contributed by atoms with E-state index in [1.807, 2.05) is 0 Å². The topological polar surface area (TPSA) is 41.1 Å². The number of nitrogens with one attached hydrogen (secondary N) is 2. The van der Waals surface area contributed by atoms with Gasteiger partial charge in [0, 0.05) is 5.56 Å². The monoisotopic (exact) mass is 250 g/mol. The van der Waals surface area contributed by atoms with E-state index in [1.54, 1.807) is 25.1 Å². The van der Waals surface area contributed by atoms with E-state index in [4.69, 9.17) is 0 Å². The molecule has 1 aromatic rings. The summed E-state index contributed by atoms with van der Waals surface area (Å²) in [5.74, 6) is 0.00584. The summed E-state index contributed by atoms with van der Waals surface area (Å²) < 4.78 is 13.6. The highest BCUT2D eigenvalue weighted by Crippen LogP contribution is 2.19. The smallest absolute Gasteiger partial charge is 0.237 e. The molecule has 1 aliphatic rings. The predicted molar refractivity (Wildman–Crippen MR) is 68.5 cm³/mol. The van der Waals surface area contributed by atoms with Crippen LogP contribution in [0.15, 0.2) is 24.3 Å². The van der Waals surface area contributed by atoms with E-state index in [2.05, 4.69) is 17.6 Å². The minimum Gasteiger partial charge on any atom is -0.348 e. The summed E-state index contributed by atoms with van der Waals surface area (Å²) in [6, 6.07) is 6.07. The Hall–Kier alpha value is -1.42. The van der Waals surface area contributed by atoms with Gasteiger partial charge in [0.25, 0.3) is 0 Å². The minimum atomic E-state index is -0.312. The number of rotatable bonds is 3. The summed E-state index contributed by atoms with van der Waals surface area (Å²) in [5.41, 5.74) is 0.525. The molecule has 2 unspecified atom stereocenters. The second-order valence-electron chi connectivity index (χ2n) is 4.95. The molecule has 0 spiro atoms. The Morgan fingerprint density at radius 3 is 2.83 bits per heavy atom. The molecule has 0 saturated carbocycles. The first kappa shape index (κ1) is 13.0. The number of benzene rings is 1. The van der Waals surface area contributed by atoms with Crippen molar-refractivity contribution in [2.45, 2.75) is 32.4 Å². The highest BCUT2D eigenvalue weighted by molar-refractivity contribution is 5.82. The van der Waals surface area contributed by atoms with Gasteiger partial charge in [-0.2, -0.15) is 0 Å². The largest absolute Gasteiger partial charge is 0.348 e. The fourth-order valence-electron chi connectivity index (χ4n) is 2.39. The third-order valence-corrected chi connectivity index (χ3v) is 3.55. The van der Waals surface area contributed by atoms with Crippen LogP contribution in [0.3, 0.4) is 0 Å². The summed E-state index contributed by atoms with van der Waals surface area (Å²) in [6.45, 7) is 4.72. The molecule has 1 fully saturated rings. The second kappa shape index (κ2) is 5.48. The van der Waals surface area contributed by atoms with E-state index in [9.17, 15) is 9.18 Å². The molecule has 1 saturated heterocycles. The Morgan fingerprint density at radius 1 is 1.50 bits per heavy atom. The van der Waals surface area contributed by atoms with E-state index in [1.165, 1.54) is 6.07 Å². The van der Waals surface area contributed by atoms with Crippen molar-refractivity contribution in [3.63, 3.8) is 0 Å². The van der Waals surface area contributed by atoms with Crippen LogP contribution < -0.4 is 10.6 Å². The first-order valence-corrected chi connectivity index (χ1v) is 6.37. The van der Waals surface area contributed by atoms with Gasteiger partial charge in [0.05, 0.1) is 12.1 Å². The Balaban J connectivity index is 2.01. The van der Waals surface area contributed by atoms with Gasteiger partial charge in [-0.15, -0.1) is 0 Å². The molecule has 0 radical (unpaired) electrons. The number of halogens is 1. The zero-order chi connectivity index (χ0) is 13.1. The van der Waals surface area contributed by atoms with E-state index in [-0.39, 0.29) is 23.8 Å². The van der Waals surface area contributed by atoms with Crippen molar-refractivity contribution in [1.82, 2.24) is 10.6 Å². The van der Waals surface area contributed by atoms with Crippen LogP contribution in [0, 0.1) is 11.7 Å². The van der Waals surface area contributed by atoms with Gasteiger partial charge in [-0.1, -0.05) is 25.1 Å². The van der Waals surface area contributed by atoms with Gasteiger partial charge in [0.1, 0.15) is 5.82 Å². The molecule has 3 nitrogen and oxygen atoms in total. The van der Waals surface area contributed by atoms with Gasteiger partial charge in [-0.25, -0.2) is 4.39 Å². The molecule has 2 rings (SSSR count). The average molecular weight is 250 g/mol. The number of hydrogen-bond donors (Lipinski definition) is 2. The zero-order valence-corrected chi connectivity index (χ0v) is 10.7. The highest BCUT2D eigenvalue weighted by atomic mass is 19.1. The molecule has 18 heavy (non-hydrogen) atoms. The molecule has 0 bridgehead atoms. The van der Waals surface area contributed by atoms with Crippen LogP contribution in [-0.2, 0) is 4.79 Å². The van der Waals surface area contributed by atoms with Crippen LogP contribution in [0.5, 0.6) is 0 Å². The van der Waals surface area contributed by atoms with Crippen LogP contribution in [0.1, 0.15) is 31.9 Å². The van der Waals surface area contributed by atoms with Crippen molar-refractivity contribution in [1.29, 1.82) is 0 Å². The third-order valence-electron chi connectivity index (χ3n) is 3.55. The average Bonchev–Trinajstić information content (AvgIpc) is 2.76. The van der Waals surface area contributed by atoms with Crippen LogP contribution >= 0.6 is 0 Å². The summed E-state index contributed by atoms with van der Waals surface area (Å²) in [5, 5.41) is 6.04. The first-order chi connectivity index (χ1) is 8.59. The molecule has 1 aromatic carbocycles.